The van der Waals surface area contributed by atoms with Crippen LogP contribution in [0, 0.1) is 11.8 Å². The van der Waals surface area contributed by atoms with Gasteiger partial charge in [-0.25, -0.2) is 9.59 Å². The number of nitrogens with one attached hydrogen (secondary N) is 3. The van der Waals surface area contributed by atoms with E-state index in [-0.39, 0.29) is 6.03 Å². The van der Waals surface area contributed by atoms with E-state index in [1.165, 1.54) is 12.8 Å². The molecular formula is C24H40N4O3. The normalized spacial score (nSPS) is 16.6. The van der Waals surface area contributed by atoms with Crippen molar-refractivity contribution < 1.29 is 14.3 Å². The lowest BCUT2D eigenvalue weighted by Gasteiger charge is -2.38. The minimum Gasteiger partial charge on any atom is -0.444 e. The van der Waals surface area contributed by atoms with Gasteiger partial charge >= 0.3 is 12.1 Å². The van der Waals surface area contributed by atoms with Crippen LogP contribution in [-0.2, 0) is 11.3 Å². The summed E-state index contributed by atoms with van der Waals surface area (Å²) < 4.78 is 5.25. The van der Waals surface area contributed by atoms with Crippen molar-refractivity contribution in [2.75, 3.05) is 25.0 Å². The molecular weight excluding hydrogens is 392 g/mol. The van der Waals surface area contributed by atoms with E-state index in [2.05, 4.69) is 41.6 Å². The quantitative estimate of drug-likeness (QED) is 0.588. The second-order valence-electron chi connectivity index (χ2n) is 9.92. The Bertz CT molecular complexity index is 722. The number of benzene rings is 1. The molecule has 0 saturated carbocycles. The first-order valence-corrected chi connectivity index (χ1v) is 11.4. The van der Waals surface area contributed by atoms with Gasteiger partial charge in [0.1, 0.15) is 5.60 Å². The number of carbonyl (C=O) groups excluding carboxylic acids is 2. The Hall–Kier alpha value is -2.28. The molecule has 3 amide bonds. The number of urea groups is 1. The van der Waals surface area contributed by atoms with Crippen LogP contribution in [0.1, 0.15) is 59.9 Å². The fourth-order valence-corrected chi connectivity index (χ4v) is 3.77. The van der Waals surface area contributed by atoms with Gasteiger partial charge in [0, 0.05) is 24.8 Å². The maximum Gasteiger partial charge on any atom is 0.407 e. The van der Waals surface area contributed by atoms with E-state index in [1.54, 1.807) is 0 Å². The number of piperidine rings is 1. The topological polar surface area (TPSA) is 82.7 Å². The SMILES string of the molecule is CC1CCN(C(CNC(=O)Nc2cccc(CNC(=O)OC(C)(C)C)c2)C(C)C)CC1. The lowest BCUT2D eigenvalue weighted by Crippen LogP contribution is -2.50. The molecule has 3 N–H and O–H groups in total. The average molecular weight is 433 g/mol. The molecule has 0 spiro atoms. The van der Waals surface area contributed by atoms with Crippen LogP contribution in [0.5, 0.6) is 0 Å². The van der Waals surface area contributed by atoms with Crippen LogP contribution in [0.2, 0.25) is 0 Å². The number of carbonyl (C=O) groups is 2. The van der Waals surface area contributed by atoms with Gasteiger partial charge in [0.2, 0.25) is 0 Å². The summed E-state index contributed by atoms with van der Waals surface area (Å²) in [5.74, 6) is 1.26. The predicted octanol–water partition coefficient (Wildman–Crippen LogP) is 4.59. The van der Waals surface area contributed by atoms with Gasteiger partial charge < -0.3 is 20.7 Å². The summed E-state index contributed by atoms with van der Waals surface area (Å²) in [6, 6.07) is 7.56. The number of hydrogen-bond donors (Lipinski definition) is 3. The number of nitrogens with zero attached hydrogens (tertiary/aromatic N) is 1. The standard InChI is InChI=1S/C24H40N4O3/c1-17(2)21(28-12-10-18(3)11-13-28)16-25-22(29)27-20-9-7-8-19(14-20)15-26-23(30)31-24(4,5)6/h7-9,14,17-18,21H,10-13,15-16H2,1-6H3,(H,26,30)(H2,25,27,29). The smallest absolute Gasteiger partial charge is 0.407 e. The molecule has 7 nitrogen and oxygen atoms in total. The van der Waals surface area contributed by atoms with Crippen LogP contribution in [0.15, 0.2) is 24.3 Å². The molecule has 0 aromatic heterocycles. The van der Waals surface area contributed by atoms with Crippen molar-refractivity contribution in [2.24, 2.45) is 11.8 Å². The summed E-state index contributed by atoms with van der Waals surface area (Å²) in [6.07, 6.45) is 1.98. The molecule has 174 valence electrons. The largest absolute Gasteiger partial charge is 0.444 e. The van der Waals surface area contributed by atoms with E-state index >= 15 is 0 Å². The van der Waals surface area contributed by atoms with Crippen LogP contribution in [0.25, 0.3) is 0 Å². The fraction of sp³-hybridized carbons (Fsp3) is 0.667. The number of alkyl carbamates (subject to hydrolysis) is 1. The molecule has 0 aliphatic carbocycles. The van der Waals surface area contributed by atoms with Crippen molar-refractivity contribution in [3.05, 3.63) is 29.8 Å². The van der Waals surface area contributed by atoms with Gasteiger partial charge in [0.25, 0.3) is 0 Å². The first-order chi connectivity index (χ1) is 14.5. The zero-order valence-electron chi connectivity index (χ0n) is 20.0. The number of hydrogen-bond acceptors (Lipinski definition) is 4. The van der Waals surface area contributed by atoms with Crippen molar-refractivity contribution in [1.29, 1.82) is 0 Å². The van der Waals surface area contributed by atoms with Gasteiger partial charge in [-0.05, 0) is 76.2 Å². The Morgan fingerprint density at radius 3 is 2.45 bits per heavy atom. The second kappa shape index (κ2) is 11.4. The van der Waals surface area contributed by atoms with Crippen molar-refractivity contribution in [3.63, 3.8) is 0 Å². The molecule has 1 atom stereocenters. The van der Waals surface area contributed by atoms with Crippen LogP contribution in [0.4, 0.5) is 15.3 Å². The third kappa shape index (κ3) is 9.17. The molecule has 31 heavy (non-hydrogen) atoms. The van der Waals surface area contributed by atoms with E-state index in [1.807, 2.05) is 45.0 Å². The Balaban J connectivity index is 1.83. The van der Waals surface area contributed by atoms with Gasteiger partial charge in [-0.15, -0.1) is 0 Å². The first kappa shape index (κ1) is 25.0. The number of anilines is 1. The highest BCUT2D eigenvalue weighted by molar-refractivity contribution is 5.89. The van der Waals surface area contributed by atoms with Crippen LogP contribution in [0.3, 0.4) is 0 Å². The molecule has 1 aromatic carbocycles. The predicted molar refractivity (Wildman–Crippen MR) is 125 cm³/mol. The van der Waals surface area contributed by atoms with Crippen LogP contribution in [-0.4, -0.2) is 48.3 Å². The number of amides is 3. The third-order valence-corrected chi connectivity index (χ3v) is 5.55. The fourth-order valence-electron chi connectivity index (χ4n) is 3.77. The minimum absolute atomic E-state index is 0.215. The maximum absolute atomic E-state index is 12.5. The number of likely N-dealkylation sites (tertiary alicyclic amines) is 1. The van der Waals surface area contributed by atoms with Gasteiger partial charge in [-0.3, -0.25) is 4.90 Å². The molecule has 7 heteroatoms. The van der Waals surface area contributed by atoms with E-state index < -0.39 is 11.7 Å². The summed E-state index contributed by atoms with van der Waals surface area (Å²) in [5.41, 5.74) is 1.03. The highest BCUT2D eigenvalue weighted by Crippen LogP contribution is 2.21. The summed E-state index contributed by atoms with van der Waals surface area (Å²) >= 11 is 0. The maximum atomic E-state index is 12.5. The van der Waals surface area contributed by atoms with E-state index in [9.17, 15) is 9.59 Å². The van der Waals surface area contributed by atoms with Gasteiger partial charge in [0.15, 0.2) is 0 Å². The molecule has 1 saturated heterocycles. The Morgan fingerprint density at radius 2 is 1.84 bits per heavy atom. The summed E-state index contributed by atoms with van der Waals surface area (Å²) in [7, 11) is 0. The number of ether oxygens (including phenoxy) is 1. The third-order valence-electron chi connectivity index (χ3n) is 5.55. The van der Waals surface area contributed by atoms with Crippen molar-refractivity contribution >= 4 is 17.8 Å². The average Bonchev–Trinajstić information content (AvgIpc) is 2.66. The van der Waals surface area contributed by atoms with E-state index in [0.29, 0.717) is 30.7 Å². The summed E-state index contributed by atoms with van der Waals surface area (Å²) in [6.45, 7) is 15.4. The van der Waals surface area contributed by atoms with E-state index in [4.69, 9.17) is 4.74 Å². The molecule has 1 aromatic rings. The Labute approximate surface area is 187 Å². The number of rotatable bonds is 7. The van der Waals surface area contributed by atoms with Gasteiger partial charge in [-0.1, -0.05) is 32.9 Å². The zero-order chi connectivity index (χ0) is 23.0. The molecule has 1 aliphatic rings. The molecule has 1 unspecified atom stereocenters. The van der Waals surface area contributed by atoms with Crippen molar-refractivity contribution in [3.8, 4) is 0 Å². The highest BCUT2D eigenvalue weighted by Gasteiger charge is 2.26. The minimum atomic E-state index is -0.536. The molecule has 1 fully saturated rings. The van der Waals surface area contributed by atoms with Gasteiger partial charge in [0.05, 0.1) is 0 Å². The van der Waals surface area contributed by atoms with E-state index in [0.717, 1.165) is 24.6 Å². The summed E-state index contributed by atoms with van der Waals surface area (Å²) in [4.78, 5) is 26.8. The van der Waals surface area contributed by atoms with Crippen molar-refractivity contribution in [2.45, 2.75) is 72.6 Å². The molecule has 1 aliphatic heterocycles. The second-order valence-corrected chi connectivity index (χ2v) is 9.92. The monoisotopic (exact) mass is 432 g/mol. The first-order valence-electron chi connectivity index (χ1n) is 11.4. The Morgan fingerprint density at radius 1 is 1.16 bits per heavy atom. The van der Waals surface area contributed by atoms with Gasteiger partial charge in [-0.2, -0.15) is 0 Å². The summed E-state index contributed by atoms with van der Waals surface area (Å²) in [5, 5.41) is 8.67. The van der Waals surface area contributed by atoms with Crippen LogP contribution >= 0.6 is 0 Å². The van der Waals surface area contributed by atoms with Crippen molar-refractivity contribution in [1.82, 2.24) is 15.5 Å². The lowest BCUT2D eigenvalue weighted by molar-refractivity contribution is 0.0523. The Kier molecular flexibility index (Phi) is 9.16. The zero-order valence-corrected chi connectivity index (χ0v) is 20.0. The highest BCUT2D eigenvalue weighted by atomic mass is 16.6. The molecule has 1 heterocycles. The lowest BCUT2D eigenvalue weighted by atomic mass is 9.94. The molecule has 0 bridgehead atoms. The molecule has 0 radical (unpaired) electrons. The molecule has 2 rings (SSSR count). The van der Waals surface area contributed by atoms with Crippen LogP contribution < -0.4 is 16.0 Å².